The molecule has 2 rings (SSSR count). The van der Waals surface area contributed by atoms with Gasteiger partial charge in [0.15, 0.2) is 0 Å². The minimum Gasteiger partial charge on any atom is -0.465 e. The maximum atomic E-state index is 12.8. The van der Waals surface area contributed by atoms with E-state index in [1.54, 1.807) is 76.2 Å². The molecule has 11 nitrogen and oxygen atoms in total. The van der Waals surface area contributed by atoms with Crippen LogP contribution in [0.4, 0.5) is 11.4 Å². The number of carbonyl (C=O) groups is 4. The van der Waals surface area contributed by atoms with Gasteiger partial charge in [0.25, 0.3) is 5.91 Å². The van der Waals surface area contributed by atoms with Gasteiger partial charge in [0.2, 0.25) is 5.91 Å². The number of rotatable bonds is 11. The third-order valence-corrected chi connectivity index (χ3v) is 4.80. The van der Waals surface area contributed by atoms with Gasteiger partial charge in [0, 0.05) is 16.9 Å². The lowest BCUT2D eigenvalue weighted by atomic mass is 9.97. The fraction of sp³-hybridized carbons (Fsp3) is 0.346. The normalized spacial score (nSPS) is 11.9. The highest BCUT2D eigenvalue weighted by Crippen LogP contribution is 2.19. The number of nitrogens with zero attached hydrogens (tertiary/aromatic N) is 1. The van der Waals surface area contributed by atoms with Gasteiger partial charge < -0.3 is 31.3 Å². The second-order valence-corrected chi connectivity index (χ2v) is 8.97. The number of esters is 2. The van der Waals surface area contributed by atoms with Crippen LogP contribution in [0.25, 0.3) is 0 Å². The van der Waals surface area contributed by atoms with Gasteiger partial charge in [0.05, 0.1) is 6.61 Å². The molecule has 5 N–H and O–H groups in total. The summed E-state index contributed by atoms with van der Waals surface area (Å²) in [7, 11) is 0. The first-order valence-electron chi connectivity index (χ1n) is 11.7. The Morgan fingerprint density at radius 1 is 1.05 bits per heavy atom. The minimum atomic E-state index is -1.18. The van der Waals surface area contributed by atoms with Crippen LogP contribution in [0.2, 0.25) is 0 Å². The first-order valence-corrected chi connectivity index (χ1v) is 11.7. The van der Waals surface area contributed by atoms with E-state index in [0.29, 0.717) is 22.5 Å². The molecular formula is C26H33N5O6. The van der Waals surface area contributed by atoms with E-state index >= 15 is 0 Å². The van der Waals surface area contributed by atoms with E-state index in [-0.39, 0.29) is 25.5 Å². The fourth-order valence-corrected chi connectivity index (χ4v) is 3.18. The highest BCUT2D eigenvalue weighted by Gasteiger charge is 2.31. The molecule has 11 heteroatoms. The number of nitrogens with one attached hydrogen (secondary N) is 3. The van der Waals surface area contributed by atoms with E-state index in [0.717, 1.165) is 0 Å². The molecule has 1 unspecified atom stereocenters. The minimum absolute atomic E-state index is 0.0359. The summed E-state index contributed by atoms with van der Waals surface area (Å²) in [5.74, 6) is 1.61. The monoisotopic (exact) mass is 511 g/mol. The standard InChI is InChI=1S/C26H33N5O6/c1-5-36-22(32)15-28-24(34)21(25(35)37-26(2,3)4)13-17-9-11-19(12-10-17)31-23(33)18-7-6-8-20(14-18)29-16-30-27/h6-12,14,16,21H,5,13,15,27H2,1-4H3,(H,28,34)(H,29,30)(H,31,33). The number of amides is 2. The van der Waals surface area contributed by atoms with Gasteiger partial charge >= 0.3 is 11.9 Å². The van der Waals surface area contributed by atoms with Gasteiger partial charge in [-0.15, -0.1) is 0 Å². The van der Waals surface area contributed by atoms with E-state index in [4.69, 9.17) is 15.3 Å². The lowest BCUT2D eigenvalue weighted by molar-refractivity contribution is -0.163. The number of benzene rings is 2. The predicted molar refractivity (Wildman–Crippen MR) is 140 cm³/mol. The van der Waals surface area contributed by atoms with Crippen molar-refractivity contribution in [3.63, 3.8) is 0 Å². The lowest BCUT2D eigenvalue weighted by Gasteiger charge is -2.23. The summed E-state index contributed by atoms with van der Waals surface area (Å²) in [6.45, 7) is 6.59. The molecule has 0 saturated heterocycles. The zero-order chi connectivity index (χ0) is 27.4. The van der Waals surface area contributed by atoms with E-state index < -0.39 is 29.4 Å². The zero-order valence-electron chi connectivity index (χ0n) is 21.4. The summed E-state index contributed by atoms with van der Waals surface area (Å²) < 4.78 is 10.2. The smallest absolute Gasteiger partial charge is 0.325 e. The number of nitrogens with two attached hydrogens (primary N) is 1. The number of hydrogen-bond donors (Lipinski definition) is 4. The van der Waals surface area contributed by atoms with Gasteiger partial charge in [-0.25, -0.2) is 0 Å². The van der Waals surface area contributed by atoms with Crippen LogP contribution < -0.4 is 21.8 Å². The second kappa shape index (κ2) is 13.6. The quantitative estimate of drug-likeness (QED) is 0.0893. The Labute approximate surface area is 215 Å². The van der Waals surface area contributed by atoms with Gasteiger partial charge in [-0.05, 0) is 70.0 Å². The highest BCUT2D eigenvalue weighted by molar-refractivity contribution is 6.05. The molecule has 0 aliphatic carbocycles. The van der Waals surface area contributed by atoms with Gasteiger partial charge in [-0.1, -0.05) is 18.2 Å². The number of carbonyl (C=O) groups excluding carboxylic acids is 4. The van der Waals surface area contributed by atoms with Crippen molar-refractivity contribution in [1.29, 1.82) is 0 Å². The Morgan fingerprint density at radius 3 is 2.38 bits per heavy atom. The SMILES string of the molecule is CCOC(=O)CNC(=O)C(Cc1ccc(NC(=O)c2cccc(NC=NN)c2)cc1)C(=O)OC(C)(C)C. The van der Waals surface area contributed by atoms with Crippen LogP contribution in [-0.2, 0) is 30.3 Å². The van der Waals surface area contributed by atoms with Crippen molar-refractivity contribution >= 4 is 41.5 Å². The van der Waals surface area contributed by atoms with Crippen molar-refractivity contribution in [2.24, 2.45) is 16.9 Å². The molecule has 0 saturated carbocycles. The summed E-state index contributed by atoms with van der Waals surface area (Å²) in [5.41, 5.74) is 1.45. The number of hydrazone groups is 1. The summed E-state index contributed by atoms with van der Waals surface area (Å²) in [6, 6.07) is 13.5. The number of hydrogen-bond acceptors (Lipinski definition) is 8. The largest absolute Gasteiger partial charge is 0.465 e. The molecule has 2 amide bonds. The average molecular weight is 512 g/mol. The summed E-state index contributed by atoms with van der Waals surface area (Å²) >= 11 is 0. The van der Waals surface area contributed by atoms with Crippen LogP contribution in [0, 0.1) is 5.92 Å². The number of anilines is 2. The van der Waals surface area contributed by atoms with E-state index in [9.17, 15) is 19.2 Å². The van der Waals surface area contributed by atoms with Crippen molar-refractivity contribution in [3.05, 3.63) is 59.7 Å². The summed E-state index contributed by atoms with van der Waals surface area (Å²) in [5, 5.41) is 11.4. The van der Waals surface area contributed by atoms with E-state index in [1.807, 2.05) is 0 Å². The van der Waals surface area contributed by atoms with E-state index in [2.05, 4.69) is 21.1 Å². The Morgan fingerprint density at radius 2 is 1.76 bits per heavy atom. The molecule has 0 aliphatic rings. The van der Waals surface area contributed by atoms with Crippen molar-refractivity contribution in [2.45, 2.75) is 39.7 Å². The molecule has 1 atom stereocenters. The molecule has 0 aromatic heterocycles. The van der Waals surface area contributed by atoms with Gasteiger partial charge in [-0.2, -0.15) is 5.10 Å². The number of ether oxygens (including phenoxy) is 2. The Kier molecular flexibility index (Phi) is 10.6. The lowest BCUT2D eigenvalue weighted by Crippen LogP contribution is -2.42. The van der Waals surface area contributed by atoms with Crippen molar-refractivity contribution in [3.8, 4) is 0 Å². The first-order chi connectivity index (χ1) is 17.5. The van der Waals surface area contributed by atoms with Gasteiger partial charge in [0.1, 0.15) is 24.4 Å². The second-order valence-electron chi connectivity index (χ2n) is 8.97. The molecule has 0 heterocycles. The molecular weight excluding hydrogens is 478 g/mol. The van der Waals surface area contributed by atoms with Crippen LogP contribution in [0.5, 0.6) is 0 Å². The average Bonchev–Trinajstić information content (AvgIpc) is 2.84. The van der Waals surface area contributed by atoms with E-state index in [1.165, 1.54) is 6.34 Å². The van der Waals surface area contributed by atoms with Crippen LogP contribution in [0.1, 0.15) is 43.6 Å². The Hall–Kier alpha value is -4.41. The molecule has 0 fully saturated rings. The molecule has 0 bridgehead atoms. The molecule has 2 aromatic carbocycles. The molecule has 37 heavy (non-hydrogen) atoms. The van der Waals surface area contributed by atoms with Crippen molar-refractivity contribution in [1.82, 2.24) is 5.32 Å². The molecule has 2 aromatic rings. The molecule has 0 spiro atoms. The topological polar surface area (TPSA) is 161 Å². The van der Waals surface area contributed by atoms with Gasteiger partial charge in [-0.3, -0.25) is 19.2 Å². The van der Waals surface area contributed by atoms with Crippen LogP contribution >= 0.6 is 0 Å². The Bertz CT molecular complexity index is 1130. The first kappa shape index (κ1) is 28.8. The van der Waals surface area contributed by atoms with Crippen molar-refractivity contribution < 1.29 is 28.7 Å². The maximum Gasteiger partial charge on any atom is 0.325 e. The zero-order valence-corrected chi connectivity index (χ0v) is 21.4. The highest BCUT2D eigenvalue weighted by atomic mass is 16.6. The third kappa shape index (κ3) is 10.0. The summed E-state index contributed by atoms with van der Waals surface area (Å²) in [6.07, 6.45) is 1.34. The Balaban J connectivity index is 2.10. The molecule has 198 valence electrons. The van der Waals surface area contributed by atoms with Crippen LogP contribution in [0.15, 0.2) is 53.6 Å². The third-order valence-electron chi connectivity index (χ3n) is 4.80. The summed E-state index contributed by atoms with van der Waals surface area (Å²) in [4.78, 5) is 49.8. The maximum absolute atomic E-state index is 12.8. The fourth-order valence-electron chi connectivity index (χ4n) is 3.18. The van der Waals surface area contributed by atoms with Crippen LogP contribution in [0.3, 0.4) is 0 Å². The molecule has 0 aliphatic heterocycles. The molecule has 0 radical (unpaired) electrons. The van der Waals surface area contributed by atoms with Crippen molar-refractivity contribution in [2.75, 3.05) is 23.8 Å². The van der Waals surface area contributed by atoms with Crippen LogP contribution in [-0.4, -0.2) is 48.8 Å². The predicted octanol–water partition coefficient (Wildman–Crippen LogP) is 2.43.